The Balaban J connectivity index is 2.30. The molecular formula is C13H23NO4. The molecule has 0 aromatic carbocycles. The third-order valence-electron chi connectivity index (χ3n) is 3.54. The fourth-order valence-electron chi connectivity index (χ4n) is 2.03. The minimum Gasteiger partial charge on any atom is -0.481 e. The molecule has 0 saturated carbocycles. The zero-order valence-corrected chi connectivity index (χ0v) is 11.3. The fourth-order valence-corrected chi connectivity index (χ4v) is 2.03. The van der Waals surface area contributed by atoms with Crippen molar-refractivity contribution >= 4 is 11.9 Å². The molecule has 0 spiro atoms. The van der Waals surface area contributed by atoms with Crippen LogP contribution in [0.2, 0.25) is 0 Å². The van der Waals surface area contributed by atoms with Gasteiger partial charge in [-0.3, -0.25) is 9.59 Å². The van der Waals surface area contributed by atoms with Crippen molar-refractivity contribution in [3.8, 4) is 0 Å². The van der Waals surface area contributed by atoms with E-state index in [1.807, 2.05) is 6.92 Å². The van der Waals surface area contributed by atoms with Crippen LogP contribution in [0.1, 0.15) is 39.5 Å². The molecule has 0 bridgehead atoms. The van der Waals surface area contributed by atoms with Crippen LogP contribution in [0.3, 0.4) is 0 Å². The van der Waals surface area contributed by atoms with Gasteiger partial charge in [0, 0.05) is 19.7 Å². The van der Waals surface area contributed by atoms with Crippen molar-refractivity contribution in [2.75, 3.05) is 26.3 Å². The molecule has 1 amide bonds. The van der Waals surface area contributed by atoms with Gasteiger partial charge < -0.3 is 14.7 Å². The maximum atomic E-state index is 11.8. The van der Waals surface area contributed by atoms with Crippen molar-refractivity contribution in [2.24, 2.45) is 5.41 Å². The van der Waals surface area contributed by atoms with Gasteiger partial charge in [0.05, 0.1) is 18.4 Å². The maximum absolute atomic E-state index is 11.8. The second-order valence-corrected chi connectivity index (χ2v) is 5.11. The van der Waals surface area contributed by atoms with E-state index in [-0.39, 0.29) is 5.91 Å². The lowest BCUT2D eigenvalue weighted by atomic mass is 9.80. The van der Waals surface area contributed by atoms with Crippen LogP contribution in [-0.2, 0) is 14.3 Å². The molecule has 0 aromatic rings. The van der Waals surface area contributed by atoms with E-state index in [0.29, 0.717) is 45.6 Å². The van der Waals surface area contributed by atoms with E-state index in [2.05, 4.69) is 0 Å². The molecule has 0 aliphatic carbocycles. The van der Waals surface area contributed by atoms with E-state index < -0.39 is 11.4 Å². The van der Waals surface area contributed by atoms with Crippen LogP contribution in [0.25, 0.3) is 0 Å². The Kier molecular flexibility index (Phi) is 5.59. The molecule has 0 atom stereocenters. The number of carbonyl (C=O) groups is 2. The van der Waals surface area contributed by atoms with Gasteiger partial charge in [0.25, 0.3) is 0 Å². The molecule has 1 aliphatic rings. The largest absolute Gasteiger partial charge is 0.481 e. The number of carboxylic acids is 1. The summed E-state index contributed by atoms with van der Waals surface area (Å²) in [6.07, 6.45) is 2.41. The summed E-state index contributed by atoms with van der Waals surface area (Å²) in [6, 6.07) is 0. The molecule has 0 aromatic heterocycles. The predicted octanol–water partition coefficient (Wildman–Crippen LogP) is 1.52. The third-order valence-corrected chi connectivity index (χ3v) is 3.54. The maximum Gasteiger partial charge on any atom is 0.309 e. The van der Waals surface area contributed by atoms with Gasteiger partial charge >= 0.3 is 5.97 Å². The first-order chi connectivity index (χ1) is 8.49. The predicted molar refractivity (Wildman–Crippen MR) is 67.3 cm³/mol. The monoisotopic (exact) mass is 257 g/mol. The second-order valence-electron chi connectivity index (χ2n) is 5.11. The Hall–Kier alpha value is -1.10. The number of hydrogen-bond donors (Lipinski definition) is 1. The van der Waals surface area contributed by atoms with E-state index in [1.165, 1.54) is 0 Å². The fraction of sp³-hybridized carbons (Fsp3) is 0.846. The summed E-state index contributed by atoms with van der Waals surface area (Å²) in [5.41, 5.74) is -0.671. The van der Waals surface area contributed by atoms with Crippen molar-refractivity contribution in [3.05, 3.63) is 0 Å². The molecule has 104 valence electrons. The Morgan fingerprint density at radius 1 is 1.28 bits per heavy atom. The minimum absolute atomic E-state index is 0.0681. The lowest BCUT2D eigenvalue weighted by Crippen LogP contribution is -2.45. The number of amides is 1. The first kappa shape index (κ1) is 15.0. The molecular weight excluding hydrogens is 234 g/mol. The van der Waals surface area contributed by atoms with Gasteiger partial charge in [-0.2, -0.15) is 0 Å². The topological polar surface area (TPSA) is 66.8 Å². The Morgan fingerprint density at radius 3 is 2.39 bits per heavy atom. The van der Waals surface area contributed by atoms with Crippen LogP contribution in [0.5, 0.6) is 0 Å². The Bertz CT molecular complexity index is 295. The average Bonchev–Trinajstić information content (AvgIpc) is 2.35. The number of carboxylic acid groups (broad SMARTS) is 1. The number of hydrogen-bond acceptors (Lipinski definition) is 3. The number of aliphatic carboxylic acids is 1. The zero-order valence-electron chi connectivity index (χ0n) is 11.3. The van der Waals surface area contributed by atoms with Gasteiger partial charge in [0.15, 0.2) is 0 Å². The highest BCUT2D eigenvalue weighted by Gasteiger charge is 2.37. The summed E-state index contributed by atoms with van der Waals surface area (Å²) >= 11 is 0. The quantitative estimate of drug-likeness (QED) is 0.732. The SMILES string of the molecule is CCCOCCC(=O)N1CCC(C)(C(=O)O)CC1. The average molecular weight is 257 g/mol. The molecule has 0 radical (unpaired) electrons. The summed E-state index contributed by atoms with van der Waals surface area (Å²) in [5.74, 6) is -0.695. The Labute approximate surface area is 108 Å². The van der Waals surface area contributed by atoms with Crippen molar-refractivity contribution < 1.29 is 19.4 Å². The second kappa shape index (κ2) is 6.73. The number of piperidine rings is 1. The molecule has 18 heavy (non-hydrogen) atoms. The summed E-state index contributed by atoms with van der Waals surface area (Å²) in [7, 11) is 0. The lowest BCUT2D eigenvalue weighted by Gasteiger charge is -2.36. The van der Waals surface area contributed by atoms with E-state index >= 15 is 0 Å². The summed E-state index contributed by atoms with van der Waals surface area (Å²) in [4.78, 5) is 24.7. The van der Waals surface area contributed by atoms with E-state index in [0.717, 1.165) is 6.42 Å². The number of rotatable bonds is 6. The molecule has 1 aliphatic heterocycles. The highest BCUT2D eigenvalue weighted by Crippen LogP contribution is 2.31. The van der Waals surface area contributed by atoms with Gasteiger partial charge in [-0.25, -0.2) is 0 Å². The minimum atomic E-state index is -0.763. The summed E-state index contributed by atoms with van der Waals surface area (Å²) in [6.45, 7) is 6.00. The van der Waals surface area contributed by atoms with Crippen molar-refractivity contribution in [3.63, 3.8) is 0 Å². The zero-order chi connectivity index (χ0) is 13.6. The number of nitrogens with zero attached hydrogens (tertiary/aromatic N) is 1. The van der Waals surface area contributed by atoms with Crippen molar-refractivity contribution in [2.45, 2.75) is 39.5 Å². The Morgan fingerprint density at radius 2 is 1.89 bits per heavy atom. The summed E-state index contributed by atoms with van der Waals surface area (Å²) in [5, 5.41) is 9.10. The lowest BCUT2D eigenvalue weighted by molar-refractivity contribution is -0.153. The molecule has 1 fully saturated rings. The number of likely N-dealkylation sites (tertiary alicyclic amines) is 1. The molecule has 1 N–H and O–H groups in total. The first-order valence-corrected chi connectivity index (χ1v) is 6.58. The van der Waals surface area contributed by atoms with Gasteiger partial charge in [0.1, 0.15) is 0 Å². The van der Waals surface area contributed by atoms with Crippen LogP contribution in [0.4, 0.5) is 0 Å². The highest BCUT2D eigenvalue weighted by atomic mass is 16.5. The normalized spacial score (nSPS) is 18.7. The van der Waals surface area contributed by atoms with Gasteiger partial charge in [0.2, 0.25) is 5.91 Å². The smallest absolute Gasteiger partial charge is 0.309 e. The van der Waals surface area contributed by atoms with Crippen molar-refractivity contribution in [1.82, 2.24) is 4.90 Å². The van der Waals surface area contributed by atoms with Gasteiger partial charge in [-0.1, -0.05) is 6.92 Å². The highest BCUT2D eigenvalue weighted by molar-refractivity contribution is 5.78. The number of ether oxygens (including phenoxy) is 1. The molecule has 5 nitrogen and oxygen atoms in total. The van der Waals surface area contributed by atoms with E-state index in [1.54, 1.807) is 11.8 Å². The molecule has 1 rings (SSSR count). The third kappa shape index (κ3) is 3.98. The summed E-state index contributed by atoms with van der Waals surface area (Å²) < 4.78 is 5.28. The number of carbonyl (C=O) groups excluding carboxylic acids is 1. The van der Waals surface area contributed by atoms with E-state index in [9.17, 15) is 9.59 Å². The van der Waals surface area contributed by atoms with Crippen LogP contribution < -0.4 is 0 Å². The van der Waals surface area contributed by atoms with Crippen LogP contribution in [0, 0.1) is 5.41 Å². The molecule has 1 heterocycles. The van der Waals surface area contributed by atoms with Gasteiger partial charge in [-0.15, -0.1) is 0 Å². The molecule has 1 saturated heterocycles. The van der Waals surface area contributed by atoms with Crippen LogP contribution in [0.15, 0.2) is 0 Å². The first-order valence-electron chi connectivity index (χ1n) is 6.58. The molecule has 5 heteroatoms. The standard InChI is InChI=1S/C13H23NO4/c1-3-9-18-10-4-11(15)14-7-5-13(2,6-8-14)12(16)17/h3-10H2,1-2H3,(H,16,17). The van der Waals surface area contributed by atoms with Crippen LogP contribution in [-0.4, -0.2) is 48.2 Å². The van der Waals surface area contributed by atoms with Crippen LogP contribution >= 0.6 is 0 Å². The molecule has 0 unspecified atom stereocenters. The van der Waals surface area contributed by atoms with Crippen molar-refractivity contribution in [1.29, 1.82) is 0 Å². The van der Waals surface area contributed by atoms with E-state index in [4.69, 9.17) is 9.84 Å². The van der Waals surface area contributed by atoms with Gasteiger partial charge in [-0.05, 0) is 26.2 Å².